The van der Waals surface area contributed by atoms with Gasteiger partial charge in [-0.25, -0.2) is 0 Å². The SMILES string of the molecule is COCCCOc1ccc(C(=O)NC(CN)CC(C)C)cc1.Cl. The van der Waals surface area contributed by atoms with Crippen molar-refractivity contribution >= 4 is 18.3 Å². The lowest BCUT2D eigenvalue weighted by Gasteiger charge is -2.18. The molecule has 23 heavy (non-hydrogen) atoms. The van der Waals surface area contributed by atoms with Crippen molar-refractivity contribution in [3.05, 3.63) is 29.8 Å². The minimum absolute atomic E-state index is 0. The molecule has 0 aliphatic heterocycles. The number of nitrogens with one attached hydrogen (secondary N) is 1. The van der Waals surface area contributed by atoms with Crippen molar-refractivity contribution in [2.24, 2.45) is 11.7 Å². The van der Waals surface area contributed by atoms with Gasteiger partial charge in [0.1, 0.15) is 5.75 Å². The van der Waals surface area contributed by atoms with E-state index >= 15 is 0 Å². The molecule has 0 spiro atoms. The van der Waals surface area contributed by atoms with Crippen molar-refractivity contribution in [2.75, 3.05) is 26.9 Å². The molecule has 1 amide bonds. The van der Waals surface area contributed by atoms with E-state index in [1.54, 1.807) is 19.2 Å². The Hall–Kier alpha value is -1.30. The van der Waals surface area contributed by atoms with Crippen LogP contribution in [0.15, 0.2) is 24.3 Å². The van der Waals surface area contributed by atoms with Crippen LogP contribution in [0.2, 0.25) is 0 Å². The highest BCUT2D eigenvalue weighted by molar-refractivity contribution is 5.94. The van der Waals surface area contributed by atoms with E-state index in [0.717, 1.165) is 18.6 Å². The van der Waals surface area contributed by atoms with Gasteiger partial charge in [-0.2, -0.15) is 0 Å². The fourth-order valence-electron chi connectivity index (χ4n) is 2.15. The summed E-state index contributed by atoms with van der Waals surface area (Å²) in [6, 6.07) is 7.16. The first-order valence-electron chi connectivity index (χ1n) is 7.79. The van der Waals surface area contributed by atoms with Gasteiger partial charge < -0.3 is 20.5 Å². The summed E-state index contributed by atoms with van der Waals surface area (Å²) in [7, 11) is 1.67. The zero-order chi connectivity index (χ0) is 16.4. The Labute approximate surface area is 145 Å². The van der Waals surface area contributed by atoms with Crippen LogP contribution >= 0.6 is 12.4 Å². The minimum Gasteiger partial charge on any atom is -0.494 e. The molecular weight excluding hydrogens is 316 g/mol. The Morgan fingerprint density at radius 1 is 1.22 bits per heavy atom. The fraction of sp³-hybridized carbons (Fsp3) is 0.588. The van der Waals surface area contributed by atoms with Gasteiger partial charge in [-0.3, -0.25) is 4.79 Å². The highest BCUT2D eigenvalue weighted by atomic mass is 35.5. The molecular formula is C17H29ClN2O3. The molecule has 1 aromatic rings. The van der Waals surface area contributed by atoms with Crippen LogP contribution in [0, 0.1) is 5.92 Å². The van der Waals surface area contributed by atoms with E-state index in [-0.39, 0.29) is 24.4 Å². The standard InChI is InChI=1S/C17H28N2O3.ClH/c1-13(2)11-15(12-18)19-17(20)14-5-7-16(8-6-14)22-10-4-9-21-3;/h5-8,13,15H,4,9-12,18H2,1-3H3,(H,19,20);1H. The van der Waals surface area contributed by atoms with E-state index in [1.165, 1.54) is 0 Å². The van der Waals surface area contributed by atoms with Crippen LogP contribution < -0.4 is 15.8 Å². The largest absolute Gasteiger partial charge is 0.494 e. The summed E-state index contributed by atoms with van der Waals surface area (Å²) in [6.45, 7) is 5.96. The summed E-state index contributed by atoms with van der Waals surface area (Å²) in [4.78, 5) is 12.2. The lowest BCUT2D eigenvalue weighted by atomic mass is 10.0. The minimum atomic E-state index is -0.0953. The first kappa shape index (κ1) is 21.7. The van der Waals surface area contributed by atoms with Crippen LogP contribution in [0.3, 0.4) is 0 Å². The van der Waals surface area contributed by atoms with E-state index in [1.807, 2.05) is 12.1 Å². The summed E-state index contributed by atoms with van der Waals surface area (Å²) in [5, 5.41) is 2.97. The lowest BCUT2D eigenvalue weighted by molar-refractivity contribution is 0.0933. The summed E-state index contributed by atoms with van der Waals surface area (Å²) < 4.78 is 10.5. The normalized spacial score (nSPS) is 11.7. The highest BCUT2D eigenvalue weighted by Gasteiger charge is 2.13. The summed E-state index contributed by atoms with van der Waals surface area (Å²) >= 11 is 0. The molecule has 0 saturated carbocycles. The number of carbonyl (C=O) groups is 1. The molecule has 0 aromatic heterocycles. The van der Waals surface area contributed by atoms with E-state index < -0.39 is 0 Å². The van der Waals surface area contributed by atoms with Crippen molar-refractivity contribution in [1.29, 1.82) is 0 Å². The number of amides is 1. The van der Waals surface area contributed by atoms with Crippen LogP contribution in [0.25, 0.3) is 0 Å². The number of ether oxygens (including phenoxy) is 2. The maximum Gasteiger partial charge on any atom is 0.251 e. The average molecular weight is 345 g/mol. The molecule has 0 heterocycles. The smallest absolute Gasteiger partial charge is 0.251 e. The van der Waals surface area contributed by atoms with E-state index in [9.17, 15) is 4.79 Å². The van der Waals surface area contributed by atoms with Crippen molar-refractivity contribution in [3.8, 4) is 5.75 Å². The number of nitrogens with two attached hydrogens (primary N) is 1. The van der Waals surface area contributed by atoms with Crippen molar-refractivity contribution in [3.63, 3.8) is 0 Å². The number of carbonyl (C=O) groups excluding carboxylic acids is 1. The molecule has 6 heteroatoms. The third kappa shape index (κ3) is 8.79. The average Bonchev–Trinajstić information content (AvgIpc) is 2.51. The zero-order valence-electron chi connectivity index (χ0n) is 14.2. The van der Waals surface area contributed by atoms with E-state index in [2.05, 4.69) is 19.2 Å². The lowest BCUT2D eigenvalue weighted by Crippen LogP contribution is -2.41. The molecule has 0 radical (unpaired) electrons. The van der Waals surface area contributed by atoms with Gasteiger partial charge in [0, 0.05) is 38.3 Å². The van der Waals surface area contributed by atoms with Gasteiger partial charge in [0.25, 0.3) is 5.91 Å². The number of hydrogen-bond donors (Lipinski definition) is 2. The number of rotatable bonds is 10. The second-order valence-electron chi connectivity index (χ2n) is 5.75. The molecule has 0 saturated heterocycles. The van der Waals surface area contributed by atoms with Crippen LogP contribution in [0.5, 0.6) is 5.75 Å². The van der Waals surface area contributed by atoms with Gasteiger partial charge in [-0.1, -0.05) is 13.8 Å². The van der Waals surface area contributed by atoms with Crippen molar-refractivity contribution in [1.82, 2.24) is 5.32 Å². The first-order valence-corrected chi connectivity index (χ1v) is 7.79. The molecule has 132 valence electrons. The molecule has 1 rings (SSSR count). The van der Waals surface area contributed by atoms with Gasteiger partial charge in [0.15, 0.2) is 0 Å². The predicted molar refractivity (Wildman–Crippen MR) is 95.4 cm³/mol. The van der Waals surface area contributed by atoms with Gasteiger partial charge >= 0.3 is 0 Å². The quantitative estimate of drug-likeness (QED) is 0.640. The third-order valence-electron chi connectivity index (χ3n) is 3.25. The van der Waals surface area contributed by atoms with Crippen LogP contribution in [-0.4, -0.2) is 38.8 Å². The molecule has 0 aliphatic rings. The summed E-state index contributed by atoms with van der Waals surface area (Å²) in [5.41, 5.74) is 6.32. The molecule has 3 N–H and O–H groups in total. The number of benzene rings is 1. The summed E-state index contributed by atoms with van der Waals surface area (Å²) in [5.74, 6) is 1.16. The maximum atomic E-state index is 12.2. The van der Waals surface area contributed by atoms with Crippen LogP contribution in [0.4, 0.5) is 0 Å². The maximum absolute atomic E-state index is 12.2. The molecule has 5 nitrogen and oxygen atoms in total. The molecule has 0 aliphatic carbocycles. The van der Waals surface area contributed by atoms with Crippen LogP contribution in [-0.2, 0) is 4.74 Å². The van der Waals surface area contributed by atoms with Crippen molar-refractivity contribution < 1.29 is 14.3 Å². The predicted octanol–water partition coefficient (Wildman–Crippen LogP) is 2.63. The van der Waals surface area contributed by atoms with E-state index in [4.69, 9.17) is 15.2 Å². The molecule has 1 unspecified atom stereocenters. The topological polar surface area (TPSA) is 73.6 Å². The monoisotopic (exact) mass is 344 g/mol. The van der Waals surface area contributed by atoms with Crippen LogP contribution in [0.1, 0.15) is 37.0 Å². The Balaban J connectivity index is 0.00000484. The van der Waals surface area contributed by atoms with E-state index in [0.29, 0.717) is 31.2 Å². The molecule has 1 atom stereocenters. The highest BCUT2D eigenvalue weighted by Crippen LogP contribution is 2.13. The van der Waals surface area contributed by atoms with Crippen molar-refractivity contribution in [2.45, 2.75) is 32.7 Å². The Morgan fingerprint density at radius 3 is 2.39 bits per heavy atom. The third-order valence-corrected chi connectivity index (χ3v) is 3.25. The second-order valence-corrected chi connectivity index (χ2v) is 5.75. The van der Waals surface area contributed by atoms with Gasteiger partial charge in [0.2, 0.25) is 0 Å². The Bertz CT molecular complexity index is 438. The molecule has 1 aromatic carbocycles. The number of halogens is 1. The Kier molecular flexibility index (Phi) is 11.5. The first-order chi connectivity index (χ1) is 10.6. The molecule has 0 bridgehead atoms. The number of methoxy groups -OCH3 is 1. The number of hydrogen-bond acceptors (Lipinski definition) is 4. The Morgan fingerprint density at radius 2 is 1.87 bits per heavy atom. The van der Waals surface area contributed by atoms with Gasteiger partial charge in [-0.05, 0) is 36.6 Å². The molecule has 0 fully saturated rings. The van der Waals surface area contributed by atoms with Gasteiger partial charge in [0.05, 0.1) is 6.61 Å². The van der Waals surface area contributed by atoms with Gasteiger partial charge in [-0.15, -0.1) is 12.4 Å². The summed E-state index contributed by atoms with van der Waals surface area (Å²) in [6.07, 6.45) is 1.72. The zero-order valence-corrected chi connectivity index (χ0v) is 15.0. The second kappa shape index (κ2) is 12.2. The fourth-order valence-corrected chi connectivity index (χ4v) is 2.15.